The Morgan fingerprint density at radius 3 is 1.36 bits per heavy atom. The summed E-state index contributed by atoms with van der Waals surface area (Å²) < 4.78 is 51.9. The molecule has 14 heteroatoms. The third-order valence-electron chi connectivity index (χ3n) is 9.03. The molecule has 0 saturated carbocycles. The Labute approximate surface area is 326 Å². The van der Waals surface area contributed by atoms with Crippen LogP contribution in [0.15, 0.2) is 60.7 Å². The summed E-state index contributed by atoms with van der Waals surface area (Å²) in [5, 5.41) is 2.50. The maximum Gasteiger partial charge on any atom is 0.410 e. The highest BCUT2D eigenvalue weighted by Crippen LogP contribution is 2.49. The SMILES string of the molecule is CC(C)C(C(=O)Oc1ccc(C2(c3ccc(OC(=O)C(C(C)C)N(C)C(=O)OC(C)(C)C)cc3)C(=O)Nc3c2ccc(F)c3F)cc1)N(C)C(=O)OC(C)(C)C. The Bertz CT molecular complexity index is 1860. The van der Waals surface area contributed by atoms with Gasteiger partial charge in [0, 0.05) is 19.7 Å². The van der Waals surface area contributed by atoms with Crippen molar-refractivity contribution in [2.75, 3.05) is 19.4 Å². The molecule has 2 unspecified atom stereocenters. The van der Waals surface area contributed by atoms with Crippen molar-refractivity contribution in [2.45, 2.75) is 97.9 Å². The van der Waals surface area contributed by atoms with Crippen LogP contribution in [-0.2, 0) is 29.3 Å². The molecule has 0 fully saturated rings. The summed E-state index contributed by atoms with van der Waals surface area (Å²) in [6.07, 6.45) is -1.40. The Morgan fingerprint density at radius 1 is 0.643 bits per heavy atom. The summed E-state index contributed by atoms with van der Waals surface area (Å²) in [7, 11) is 2.89. The Hall–Kier alpha value is -5.53. The summed E-state index contributed by atoms with van der Waals surface area (Å²) in [6.45, 7) is 17.3. The molecule has 12 nitrogen and oxygen atoms in total. The van der Waals surface area contributed by atoms with Crippen molar-refractivity contribution in [3.05, 3.63) is 89.0 Å². The highest BCUT2D eigenvalue weighted by molar-refractivity contribution is 6.11. The van der Waals surface area contributed by atoms with Crippen molar-refractivity contribution >= 4 is 35.7 Å². The number of halogens is 2. The minimum absolute atomic E-state index is 0.0966. The predicted molar refractivity (Wildman–Crippen MR) is 204 cm³/mol. The smallest absolute Gasteiger partial charge is 0.410 e. The van der Waals surface area contributed by atoms with Crippen molar-refractivity contribution in [1.29, 1.82) is 0 Å². The summed E-state index contributed by atoms with van der Waals surface area (Å²) in [5.41, 5.74) is -2.90. The molecule has 3 aromatic rings. The van der Waals surface area contributed by atoms with Gasteiger partial charge in [-0.3, -0.25) is 14.6 Å². The quantitative estimate of drug-likeness (QED) is 0.161. The molecule has 1 N–H and O–H groups in total. The molecule has 302 valence electrons. The molecule has 0 aromatic heterocycles. The molecule has 3 aromatic carbocycles. The fourth-order valence-electron chi connectivity index (χ4n) is 6.60. The van der Waals surface area contributed by atoms with Gasteiger partial charge >= 0.3 is 24.1 Å². The largest absolute Gasteiger partial charge is 0.444 e. The zero-order valence-corrected chi connectivity index (χ0v) is 33.9. The van der Waals surface area contributed by atoms with Crippen LogP contribution in [0.25, 0.3) is 0 Å². The number of nitrogens with one attached hydrogen (secondary N) is 1. The molecule has 1 heterocycles. The van der Waals surface area contributed by atoms with Crippen LogP contribution in [0.1, 0.15) is 85.9 Å². The summed E-state index contributed by atoms with van der Waals surface area (Å²) >= 11 is 0. The minimum atomic E-state index is -1.73. The number of hydrogen-bond donors (Lipinski definition) is 1. The zero-order chi connectivity index (χ0) is 42.1. The monoisotopic (exact) mass is 779 g/mol. The van der Waals surface area contributed by atoms with Gasteiger partial charge in [0.2, 0.25) is 5.91 Å². The molecule has 0 spiro atoms. The second-order valence-electron chi connectivity index (χ2n) is 16.4. The molecule has 0 radical (unpaired) electrons. The average molecular weight is 780 g/mol. The number of ether oxygens (including phenoxy) is 4. The first kappa shape index (κ1) is 43.2. The fraction of sp³-hybridized carbons (Fsp3) is 0.452. The van der Waals surface area contributed by atoms with E-state index >= 15 is 4.39 Å². The Kier molecular flexibility index (Phi) is 12.6. The number of likely N-dealkylation sites (N-methyl/N-ethyl adjacent to an activating group) is 2. The van der Waals surface area contributed by atoms with Crippen molar-refractivity contribution < 1.29 is 51.7 Å². The van der Waals surface area contributed by atoms with Crippen LogP contribution < -0.4 is 14.8 Å². The van der Waals surface area contributed by atoms with Crippen molar-refractivity contribution in [3.8, 4) is 11.5 Å². The molecule has 2 atom stereocenters. The lowest BCUT2D eigenvalue weighted by Crippen LogP contribution is -2.49. The third-order valence-corrected chi connectivity index (χ3v) is 9.03. The lowest BCUT2D eigenvalue weighted by Gasteiger charge is -2.32. The number of fused-ring (bicyclic) bond motifs is 1. The minimum Gasteiger partial charge on any atom is -0.444 e. The fourth-order valence-corrected chi connectivity index (χ4v) is 6.60. The molecule has 4 rings (SSSR count). The van der Waals surface area contributed by atoms with Gasteiger partial charge in [-0.1, -0.05) is 58.0 Å². The molecular weight excluding hydrogens is 728 g/mol. The molecule has 1 aliphatic heterocycles. The first-order valence-corrected chi connectivity index (χ1v) is 18.2. The number of hydrogen-bond acceptors (Lipinski definition) is 9. The Balaban J connectivity index is 1.69. The topological polar surface area (TPSA) is 141 Å². The molecular formula is C42H51F2N3O9. The number of nitrogens with zero attached hydrogens (tertiary/aromatic N) is 2. The van der Waals surface area contributed by atoms with Gasteiger partial charge in [0.15, 0.2) is 11.6 Å². The average Bonchev–Trinajstić information content (AvgIpc) is 3.38. The molecule has 1 aliphatic rings. The van der Waals surface area contributed by atoms with Crippen LogP contribution >= 0.6 is 0 Å². The number of rotatable bonds is 10. The summed E-state index contributed by atoms with van der Waals surface area (Å²) in [5.74, 6) is -5.03. The Morgan fingerprint density at radius 2 is 1.02 bits per heavy atom. The van der Waals surface area contributed by atoms with Gasteiger partial charge in [-0.2, -0.15) is 0 Å². The van der Waals surface area contributed by atoms with Gasteiger partial charge in [-0.05, 0) is 94.8 Å². The number of amides is 3. The maximum absolute atomic E-state index is 15.2. The van der Waals surface area contributed by atoms with Gasteiger partial charge in [0.05, 0.1) is 5.69 Å². The van der Waals surface area contributed by atoms with E-state index < -0.39 is 70.4 Å². The van der Waals surface area contributed by atoms with Gasteiger partial charge in [-0.15, -0.1) is 0 Å². The standard InChI is InChI=1S/C42H51F2N3O9/c1-23(2)33(46(11)38(51)55-40(5,6)7)35(48)53-27-17-13-25(14-18-27)42(29-21-22-30(43)31(44)32(29)45-37(42)50)26-15-19-28(20-16-26)54-36(49)34(24(3)4)47(12)39(52)56-41(8,9)10/h13-24,33-34H,1-12H3,(H,45,50). The zero-order valence-electron chi connectivity index (χ0n) is 33.9. The predicted octanol–water partition coefficient (Wildman–Crippen LogP) is 7.85. The van der Waals surface area contributed by atoms with Crippen molar-refractivity contribution in [2.24, 2.45) is 11.8 Å². The lowest BCUT2D eigenvalue weighted by molar-refractivity contribution is -0.142. The van der Waals surface area contributed by atoms with Gasteiger partial charge in [0.25, 0.3) is 0 Å². The van der Waals surface area contributed by atoms with Crippen LogP contribution in [0.2, 0.25) is 0 Å². The summed E-state index contributed by atoms with van der Waals surface area (Å²) in [4.78, 5) is 68.8. The first-order chi connectivity index (χ1) is 25.9. The van der Waals surface area contributed by atoms with E-state index in [0.717, 1.165) is 6.07 Å². The van der Waals surface area contributed by atoms with E-state index in [1.165, 1.54) is 78.5 Å². The number of carbonyl (C=O) groups excluding carboxylic acids is 5. The summed E-state index contributed by atoms with van der Waals surface area (Å²) in [6, 6.07) is 12.1. The van der Waals surface area contributed by atoms with E-state index in [1.807, 2.05) is 0 Å². The normalized spacial score (nSPS) is 16.4. The van der Waals surface area contributed by atoms with Gasteiger partial charge in [-0.25, -0.2) is 28.0 Å². The number of anilines is 1. The second kappa shape index (κ2) is 16.3. The second-order valence-corrected chi connectivity index (χ2v) is 16.4. The maximum atomic E-state index is 15.2. The van der Waals surface area contributed by atoms with E-state index in [1.54, 1.807) is 69.2 Å². The number of esters is 2. The molecule has 0 aliphatic carbocycles. The van der Waals surface area contributed by atoms with Crippen LogP contribution in [0.5, 0.6) is 11.5 Å². The molecule has 0 saturated heterocycles. The van der Waals surface area contributed by atoms with Gasteiger partial charge in [0.1, 0.15) is 40.2 Å². The van der Waals surface area contributed by atoms with Crippen LogP contribution in [0.4, 0.5) is 24.1 Å². The molecule has 3 amide bonds. The van der Waals surface area contributed by atoms with E-state index in [-0.39, 0.29) is 34.6 Å². The molecule has 0 bridgehead atoms. The van der Waals surface area contributed by atoms with E-state index in [4.69, 9.17) is 18.9 Å². The number of carbonyl (C=O) groups is 5. The van der Waals surface area contributed by atoms with Crippen molar-refractivity contribution in [3.63, 3.8) is 0 Å². The van der Waals surface area contributed by atoms with Crippen LogP contribution in [0.3, 0.4) is 0 Å². The van der Waals surface area contributed by atoms with Gasteiger partial charge < -0.3 is 24.3 Å². The number of benzene rings is 3. The molecule has 56 heavy (non-hydrogen) atoms. The van der Waals surface area contributed by atoms with E-state index in [2.05, 4.69) is 5.32 Å². The lowest BCUT2D eigenvalue weighted by atomic mass is 9.70. The highest BCUT2D eigenvalue weighted by atomic mass is 19.2. The van der Waals surface area contributed by atoms with Crippen molar-refractivity contribution in [1.82, 2.24) is 9.80 Å². The van der Waals surface area contributed by atoms with Crippen LogP contribution in [0, 0.1) is 23.5 Å². The first-order valence-electron chi connectivity index (χ1n) is 18.2. The van der Waals surface area contributed by atoms with E-state index in [0.29, 0.717) is 11.1 Å². The van der Waals surface area contributed by atoms with E-state index in [9.17, 15) is 28.4 Å². The third kappa shape index (κ3) is 9.11. The highest BCUT2D eigenvalue weighted by Gasteiger charge is 2.51. The van der Waals surface area contributed by atoms with Crippen LogP contribution in [-0.4, -0.2) is 77.2 Å².